The first-order chi connectivity index (χ1) is 33.5. The molecule has 2 heteroatoms. The number of benzene rings is 8. The summed E-state index contributed by atoms with van der Waals surface area (Å²) in [6.45, 7) is 12.8. The minimum absolute atomic E-state index is 0.215. The Balaban J connectivity index is 1.20. The van der Waals surface area contributed by atoms with E-state index in [0.29, 0.717) is 6.42 Å². The Morgan fingerprint density at radius 3 is 1.96 bits per heavy atom. The second-order valence-electron chi connectivity index (χ2n) is 17.3. The number of anilines is 2. The van der Waals surface area contributed by atoms with Gasteiger partial charge >= 0.3 is 0 Å². The third-order valence-electron chi connectivity index (χ3n) is 13.1. The average molecular weight is 879 g/mol. The van der Waals surface area contributed by atoms with Crippen LogP contribution >= 0.6 is 0 Å². The topological polar surface area (TPSA) is 8.17 Å². The van der Waals surface area contributed by atoms with E-state index in [4.69, 9.17) is 0 Å². The standard InChI is InChI=1S/C66H58N2/c1-6-9-13-24-50(23-8-3)48(4)49(5)51-36-41-59(42-37-51)67(60-43-38-54(39-44-60)62-34-22-28-53-27-18-19-32-61(53)62)58(29-10-7-2)45-40-55-46-56(52-25-14-11-15-26-52)47-65-66(55)63-33-20-21-35-64(63)68(65)57-30-16-12-17-31-57/h6-39,41-47,49H,2,40H2,1,3-5H3/b9-6-,23-8-,24-13+,29-10-,50-48+,58-45+. The van der Waals surface area contributed by atoms with Crippen LogP contribution in [0, 0.1) is 0 Å². The molecule has 332 valence electrons. The average Bonchev–Trinajstić information content (AvgIpc) is 3.74. The molecule has 0 radical (unpaired) electrons. The minimum atomic E-state index is 0.215. The minimum Gasteiger partial charge on any atom is -0.311 e. The van der Waals surface area contributed by atoms with E-state index in [2.05, 4.69) is 280 Å². The van der Waals surface area contributed by atoms with Crippen molar-refractivity contribution in [2.75, 3.05) is 4.90 Å². The van der Waals surface area contributed by atoms with Gasteiger partial charge in [-0.3, -0.25) is 0 Å². The zero-order valence-corrected chi connectivity index (χ0v) is 39.6. The number of aromatic nitrogens is 1. The molecule has 0 saturated heterocycles. The third-order valence-corrected chi connectivity index (χ3v) is 13.1. The predicted molar refractivity (Wildman–Crippen MR) is 295 cm³/mol. The Hall–Kier alpha value is -8.20. The molecule has 9 rings (SSSR count). The van der Waals surface area contributed by atoms with Gasteiger partial charge in [0.15, 0.2) is 0 Å². The molecule has 0 amide bonds. The number of nitrogens with zero attached hydrogens (tertiary/aromatic N) is 2. The van der Waals surface area contributed by atoms with E-state index in [1.165, 1.54) is 77.1 Å². The van der Waals surface area contributed by atoms with E-state index in [0.717, 1.165) is 22.8 Å². The van der Waals surface area contributed by atoms with Crippen molar-refractivity contribution in [2.45, 2.75) is 40.0 Å². The summed E-state index contributed by atoms with van der Waals surface area (Å²) < 4.78 is 2.42. The van der Waals surface area contributed by atoms with Crippen LogP contribution in [0.15, 0.2) is 272 Å². The molecule has 0 bridgehead atoms. The quantitative estimate of drug-likeness (QED) is 0.0932. The molecule has 1 heterocycles. The number of fused-ring (bicyclic) bond motifs is 4. The van der Waals surface area contributed by atoms with E-state index >= 15 is 0 Å². The first-order valence-corrected chi connectivity index (χ1v) is 23.7. The Bertz CT molecular complexity index is 3380. The summed E-state index contributed by atoms with van der Waals surface area (Å²) in [5.74, 6) is 0.215. The van der Waals surface area contributed by atoms with Crippen LogP contribution in [0.5, 0.6) is 0 Å². The van der Waals surface area contributed by atoms with Gasteiger partial charge in [0.1, 0.15) is 0 Å². The highest BCUT2D eigenvalue weighted by molar-refractivity contribution is 6.12. The van der Waals surface area contributed by atoms with Gasteiger partial charge in [-0.1, -0.05) is 213 Å². The van der Waals surface area contributed by atoms with Gasteiger partial charge < -0.3 is 9.47 Å². The van der Waals surface area contributed by atoms with Crippen LogP contribution in [-0.4, -0.2) is 4.57 Å². The van der Waals surface area contributed by atoms with Gasteiger partial charge in [-0.25, -0.2) is 0 Å². The van der Waals surface area contributed by atoms with Gasteiger partial charge in [-0.2, -0.15) is 0 Å². The van der Waals surface area contributed by atoms with Gasteiger partial charge in [0, 0.05) is 39.4 Å². The van der Waals surface area contributed by atoms with Crippen molar-refractivity contribution in [3.05, 3.63) is 283 Å². The van der Waals surface area contributed by atoms with E-state index < -0.39 is 0 Å². The molecule has 9 aromatic rings. The molecule has 1 atom stereocenters. The lowest BCUT2D eigenvalue weighted by Crippen LogP contribution is -2.16. The first-order valence-electron chi connectivity index (χ1n) is 23.7. The maximum absolute atomic E-state index is 4.12. The van der Waals surface area contributed by atoms with Gasteiger partial charge in [-0.15, -0.1) is 0 Å². The zero-order valence-electron chi connectivity index (χ0n) is 39.6. The lowest BCUT2D eigenvalue weighted by atomic mass is 9.90. The van der Waals surface area contributed by atoms with Crippen LogP contribution in [0.2, 0.25) is 0 Å². The van der Waals surface area contributed by atoms with E-state index in [1.54, 1.807) is 0 Å². The Morgan fingerprint density at radius 2 is 1.24 bits per heavy atom. The van der Waals surface area contributed by atoms with Gasteiger partial charge in [0.25, 0.3) is 0 Å². The monoisotopic (exact) mass is 878 g/mol. The maximum atomic E-state index is 4.12. The second-order valence-corrected chi connectivity index (χ2v) is 17.3. The molecule has 0 saturated carbocycles. The van der Waals surface area contributed by atoms with Crippen molar-refractivity contribution in [2.24, 2.45) is 0 Å². The molecule has 68 heavy (non-hydrogen) atoms. The molecular formula is C66H58N2. The molecule has 0 N–H and O–H groups in total. The van der Waals surface area contributed by atoms with Crippen LogP contribution in [0.1, 0.15) is 44.7 Å². The molecule has 0 aliphatic rings. The number of hydrogen-bond donors (Lipinski definition) is 0. The summed E-state index contributed by atoms with van der Waals surface area (Å²) in [7, 11) is 0. The van der Waals surface area contributed by atoms with Crippen LogP contribution in [0.25, 0.3) is 60.5 Å². The highest BCUT2D eigenvalue weighted by Gasteiger charge is 2.20. The predicted octanol–water partition coefficient (Wildman–Crippen LogP) is 18.4. The van der Waals surface area contributed by atoms with Crippen LogP contribution < -0.4 is 4.90 Å². The number of para-hydroxylation sites is 2. The van der Waals surface area contributed by atoms with Crippen molar-refractivity contribution in [1.82, 2.24) is 4.57 Å². The van der Waals surface area contributed by atoms with Crippen molar-refractivity contribution in [3.63, 3.8) is 0 Å². The fourth-order valence-electron chi connectivity index (χ4n) is 9.51. The lowest BCUT2D eigenvalue weighted by molar-refractivity contribution is 0.886. The second kappa shape index (κ2) is 21.0. The SMILES string of the molecule is C=C/C=C\C(=C/Cc1cc(-c2ccccc2)cc2c1c1ccccc1n2-c1ccccc1)N(c1ccc(-c2cccc3ccccc23)cc1)c1ccc(C(C)/C(C)=C(\C=C/C)/C=C/C=C\C)cc1. The molecule has 0 fully saturated rings. The number of hydrogen-bond acceptors (Lipinski definition) is 1. The van der Waals surface area contributed by atoms with Gasteiger partial charge in [0.05, 0.1) is 11.0 Å². The molecule has 0 aliphatic carbocycles. The van der Waals surface area contributed by atoms with Crippen LogP contribution in [0.4, 0.5) is 11.4 Å². The largest absolute Gasteiger partial charge is 0.311 e. The van der Waals surface area contributed by atoms with E-state index in [-0.39, 0.29) is 5.92 Å². The zero-order chi connectivity index (χ0) is 46.8. The fraction of sp³-hybridized carbons (Fsp3) is 0.0909. The summed E-state index contributed by atoms with van der Waals surface area (Å²) >= 11 is 0. The van der Waals surface area contributed by atoms with Crippen molar-refractivity contribution in [1.29, 1.82) is 0 Å². The smallest absolute Gasteiger partial charge is 0.0550 e. The Morgan fingerprint density at radius 1 is 0.574 bits per heavy atom. The summed E-state index contributed by atoms with van der Waals surface area (Å²) in [6.07, 6.45) is 22.0. The van der Waals surface area contributed by atoms with Crippen molar-refractivity contribution < 1.29 is 0 Å². The summed E-state index contributed by atoms with van der Waals surface area (Å²) in [4.78, 5) is 2.39. The Kier molecular flexibility index (Phi) is 13.9. The summed E-state index contributed by atoms with van der Waals surface area (Å²) in [5.41, 5.74) is 16.6. The van der Waals surface area contributed by atoms with Crippen LogP contribution in [0.3, 0.4) is 0 Å². The Labute approximate surface area is 402 Å². The fourth-order valence-corrected chi connectivity index (χ4v) is 9.51. The molecule has 0 aliphatic heterocycles. The van der Waals surface area contributed by atoms with Crippen molar-refractivity contribution in [3.8, 4) is 27.9 Å². The van der Waals surface area contributed by atoms with Gasteiger partial charge in [0.2, 0.25) is 0 Å². The van der Waals surface area contributed by atoms with Crippen molar-refractivity contribution >= 4 is 44.0 Å². The highest BCUT2D eigenvalue weighted by atomic mass is 15.1. The lowest BCUT2D eigenvalue weighted by Gasteiger charge is -2.28. The highest BCUT2D eigenvalue weighted by Crippen LogP contribution is 2.40. The summed E-state index contributed by atoms with van der Waals surface area (Å²) in [6, 6.07) is 68.5. The normalized spacial score (nSPS) is 13.1. The molecular weight excluding hydrogens is 821 g/mol. The molecule has 1 unspecified atom stereocenters. The summed E-state index contributed by atoms with van der Waals surface area (Å²) in [5, 5.41) is 4.98. The number of allylic oxidation sites excluding steroid dienone is 12. The first kappa shape index (κ1) is 45.0. The van der Waals surface area contributed by atoms with E-state index in [1.807, 2.05) is 13.0 Å². The third kappa shape index (κ3) is 9.41. The van der Waals surface area contributed by atoms with Crippen LogP contribution in [-0.2, 0) is 6.42 Å². The van der Waals surface area contributed by atoms with Gasteiger partial charge in [-0.05, 0) is 132 Å². The molecule has 0 spiro atoms. The molecule has 8 aromatic carbocycles. The maximum Gasteiger partial charge on any atom is 0.0550 e. The molecule has 2 nitrogen and oxygen atoms in total. The van der Waals surface area contributed by atoms with E-state index in [9.17, 15) is 0 Å². The number of rotatable bonds is 15. The molecule has 1 aromatic heterocycles.